The third-order valence-electron chi connectivity index (χ3n) is 3.11. The van der Waals surface area contributed by atoms with Gasteiger partial charge < -0.3 is 10.5 Å². The summed E-state index contributed by atoms with van der Waals surface area (Å²) < 4.78 is 5.51. The standard InChI is InChI=1S/C13H15N3O/c14-5-3-12-11(8-15-16-12)9-1-2-13-10(7-9)4-6-17-13/h1-2,7-8H,3-6,14H2,(H,15,16). The fourth-order valence-electron chi connectivity index (χ4n) is 2.25. The maximum atomic E-state index is 5.59. The van der Waals surface area contributed by atoms with E-state index < -0.39 is 0 Å². The van der Waals surface area contributed by atoms with Crippen LogP contribution in [0, 0.1) is 0 Å². The Kier molecular flexibility index (Phi) is 2.57. The van der Waals surface area contributed by atoms with Gasteiger partial charge in [0.2, 0.25) is 0 Å². The molecule has 0 amide bonds. The van der Waals surface area contributed by atoms with E-state index >= 15 is 0 Å². The normalized spacial score (nSPS) is 13.5. The van der Waals surface area contributed by atoms with Crippen LogP contribution >= 0.6 is 0 Å². The Labute approximate surface area is 99.8 Å². The molecule has 0 radical (unpaired) electrons. The van der Waals surface area contributed by atoms with E-state index in [1.54, 1.807) is 0 Å². The van der Waals surface area contributed by atoms with Crippen LogP contribution in [-0.2, 0) is 12.8 Å². The highest BCUT2D eigenvalue weighted by Gasteiger charge is 2.14. The number of benzene rings is 1. The van der Waals surface area contributed by atoms with E-state index in [-0.39, 0.29) is 0 Å². The lowest BCUT2D eigenvalue weighted by atomic mass is 10.0. The van der Waals surface area contributed by atoms with Gasteiger partial charge in [0.25, 0.3) is 0 Å². The second-order valence-electron chi connectivity index (χ2n) is 4.22. The smallest absolute Gasteiger partial charge is 0.122 e. The molecule has 0 fully saturated rings. The molecule has 2 heterocycles. The molecule has 0 unspecified atom stereocenters. The van der Waals surface area contributed by atoms with Gasteiger partial charge in [0, 0.05) is 24.1 Å². The summed E-state index contributed by atoms with van der Waals surface area (Å²) in [6.45, 7) is 1.42. The van der Waals surface area contributed by atoms with E-state index in [0.29, 0.717) is 6.54 Å². The van der Waals surface area contributed by atoms with Crippen LogP contribution < -0.4 is 10.5 Å². The highest BCUT2D eigenvalue weighted by atomic mass is 16.5. The summed E-state index contributed by atoms with van der Waals surface area (Å²) >= 11 is 0. The Morgan fingerprint density at radius 1 is 1.41 bits per heavy atom. The fourth-order valence-corrected chi connectivity index (χ4v) is 2.25. The summed E-state index contributed by atoms with van der Waals surface area (Å²) in [5, 5.41) is 7.11. The van der Waals surface area contributed by atoms with E-state index in [1.807, 2.05) is 12.3 Å². The number of rotatable bonds is 3. The molecule has 0 saturated heterocycles. The van der Waals surface area contributed by atoms with E-state index in [1.165, 1.54) is 11.1 Å². The van der Waals surface area contributed by atoms with E-state index in [0.717, 1.165) is 36.5 Å². The topological polar surface area (TPSA) is 63.9 Å². The van der Waals surface area contributed by atoms with Gasteiger partial charge in [-0.15, -0.1) is 0 Å². The van der Waals surface area contributed by atoms with Gasteiger partial charge in [0.1, 0.15) is 5.75 Å². The van der Waals surface area contributed by atoms with Crippen LogP contribution in [0.4, 0.5) is 0 Å². The van der Waals surface area contributed by atoms with Crippen molar-refractivity contribution in [1.29, 1.82) is 0 Å². The Bertz CT molecular complexity index is 533. The van der Waals surface area contributed by atoms with Crippen molar-refractivity contribution in [3.05, 3.63) is 35.7 Å². The van der Waals surface area contributed by atoms with Crippen molar-refractivity contribution < 1.29 is 4.74 Å². The van der Waals surface area contributed by atoms with Gasteiger partial charge in [-0.05, 0) is 29.8 Å². The number of nitrogens with zero attached hydrogens (tertiary/aromatic N) is 1. The molecular formula is C13H15N3O. The van der Waals surface area contributed by atoms with Crippen LogP contribution in [0.1, 0.15) is 11.3 Å². The monoisotopic (exact) mass is 229 g/mol. The van der Waals surface area contributed by atoms with Crippen LogP contribution in [0.15, 0.2) is 24.4 Å². The third kappa shape index (κ3) is 1.80. The molecule has 0 spiro atoms. The molecular weight excluding hydrogens is 214 g/mol. The number of aromatic amines is 1. The number of hydrogen-bond donors (Lipinski definition) is 2. The summed E-state index contributed by atoms with van der Waals surface area (Å²) in [5.41, 5.74) is 10.3. The molecule has 3 N–H and O–H groups in total. The van der Waals surface area contributed by atoms with Crippen molar-refractivity contribution in [2.75, 3.05) is 13.2 Å². The van der Waals surface area contributed by atoms with Crippen LogP contribution in [0.2, 0.25) is 0 Å². The maximum Gasteiger partial charge on any atom is 0.122 e. The van der Waals surface area contributed by atoms with Gasteiger partial charge in [-0.25, -0.2) is 0 Å². The summed E-state index contributed by atoms with van der Waals surface area (Å²) in [4.78, 5) is 0. The average Bonchev–Trinajstić information content (AvgIpc) is 2.96. The summed E-state index contributed by atoms with van der Waals surface area (Å²) in [6.07, 6.45) is 3.68. The Morgan fingerprint density at radius 2 is 2.35 bits per heavy atom. The lowest BCUT2D eigenvalue weighted by Crippen LogP contribution is -2.04. The number of fused-ring (bicyclic) bond motifs is 1. The SMILES string of the molecule is NCCc1[nH]ncc1-c1ccc2c(c1)CCO2. The summed E-state index contributed by atoms with van der Waals surface area (Å²) in [5.74, 6) is 1.01. The Balaban J connectivity index is 2.00. The number of aromatic nitrogens is 2. The zero-order chi connectivity index (χ0) is 11.7. The molecule has 1 aliphatic rings. The first-order chi connectivity index (χ1) is 8.38. The number of hydrogen-bond acceptors (Lipinski definition) is 3. The zero-order valence-corrected chi connectivity index (χ0v) is 9.57. The lowest BCUT2D eigenvalue weighted by Gasteiger charge is -2.04. The largest absolute Gasteiger partial charge is 0.493 e. The number of nitrogens with one attached hydrogen (secondary N) is 1. The van der Waals surface area contributed by atoms with Crippen molar-refractivity contribution in [3.8, 4) is 16.9 Å². The number of nitrogens with two attached hydrogens (primary N) is 1. The van der Waals surface area contributed by atoms with Gasteiger partial charge in [0.15, 0.2) is 0 Å². The molecule has 88 valence electrons. The van der Waals surface area contributed by atoms with Crippen LogP contribution in [0.5, 0.6) is 5.75 Å². The molecule has 3 rings (SSSR count). The van der Waals surface area contributed by atoms with Crippen molar-refractivity contribution in [2.24, 2.45) is 5.73 Å². The Hall–Kier alpha value is -1.81. The molecule has 2 aromatic rings. The molecule has 0 bridgehead atoms. The van der Waals surface area contributed by atoms with Crippen molar-refractivity contribution >= 4 is 0 Å². The van der Waals surface area contributed by atoms with Crippen LogP contribution in [0.25, 0.3) is 11.1 Å². The third-order valence-corrected chi connectivity index (χ3v) is 3.11. The zero-order valence-electron chi connectivity index (χ0n) is 9.57. The summed E-state index contributed by atoms with van der Waals surface area (Å²) in [7, 11) is 0. The second-order valence-corrected chi connectivity index (χ2v) is 4.22. The van der Waals surface area contributed by atoms with Crippen LogP contribution in [-0.4, -0.2) is 23.3 Å². The number of ether oxygens (including phenoxy) is 1. The molecule has 4 heteroatoms. The van der Waals surface area contributed by atoms with Crippen molar-refractivity contribution in [2.45, 2.75) is 12.8 Å². The van der Waals surface area contributed by atoms with E-state index in [2.05, 4.69) is 22.3 Å². The molecule has 0 saturated carbocycles. The molecule has 17 heavy (non-hydrogen) atoms. The molecule has 1 aromatic carbocycles. The maximum absolute atomic E-state index is 5.59. The quantitative estimate of drug-likeness (QED) is 0.838. The highest BCUT2D eigenvalue weighted by Crippen LogP contribution is 2.31. The fraction of sp³-hybridized carbons (Fsp3) is 0.308. The second kappa shape index (κ2) is 4.22. The first kappa shape index (κ1) is 10.4. The predicted molar refractivity (Wildman–Crippen MR) is 66.0 cm³/mol. The molecule has 1 aromatic heterocycles. The minimum Gasteiger partial charge on any atom is -0.493 e. The molecule has 0 aliphatic carbocycles. The summed E-state index contributed by atoms with van der Waals surface area (Å²) in [6, 6.07) is 6.30. The minimum absolute atomic E-state index is 0.628. The Morgan fingerprint density at radius 3 is 3.24 bits per heavy atom. The van der Waals surface area contributed by atoms with Gasteiger partial charge in [-0.2, -0.15) is 5.10 Å². The first-order valence-electron chi connectivity index (χ1n) is 5.87. The molecule has 4 nitrogen and oxygen atoms in total. The van der Waals surface area contributed by atoms with Crippen molar-refractivity contribution in [1.82, 2.24) is 10.2 Å². The molecule has 0 atom stereocenters. The van der Waals surface area contributed by atoms with Crippen LogP contribution in [0.3, 0.4) is 0 Å². The van der Waals surface area contributed by atoms with Gasteiger partial charge in [0.05, 0.1) is 12.8 Å². The van der Waals surface area contributed by atoms with Gasteiger partial charge in [-0.3, -0.25) is 5.10 Å². The molecule has 1 aliphatic heterocycles. The van der Waals surface area contributed by atoms with Crippen molar-refractivity contribution in [3.63, 3.8) is 0 Å². The van der Waals surface area contributed by atoms with E-state index in [4.69, 9.17) is 10.5 Å². The minimum atomic E-state index is 0.628. The average molecular weight is 229 g/mol. The lowest BCUT2D eigenvalue weighted by molar-refractivity contribution is 0.357. The highest BCUT2D eigenvalue weighted by molar-refractivity contribution is 5.67. The van der Waals surface area contributed by atoms with Gasteiger partial charge >= 0.3 is 0 Å². The number of H-pyrrole nitrogens is 1. The van der Waals surface area contributed by atoms with Gasteiger partial charge in [-0.1, -0.05) is 6.07 Å². The van der Waals surface area contributed by atoms with E-state index in [9.17, 15) is 0 Å². The predicted octanol–water partition coefficient (Wildman–Crippen LogP) is 1.51. The first-order valence-corrected chi connectivity index (χ1v) is 5.87.